The number of nitrogens with zero attached hydrogens (tertiary/aromatic N) is 3. The monoisotopic (exact) mass is 357 g/mol. The number of benzene rings is 1. The fourth-order valence-corrected chi connectivity index (χ4v) is 2.65. The van der Waals surface area contributed by atoms with Gasteiger partial charge in [0.25, 0.3) is 0 Å². The van der Waals surface area contributed by atoms with Gasteiger partial charge in [0.2, 0.25) is 5.88 Å². The number of aromatic nitrogens is 3. The number of hydrogen-bond donors (Lipinski definition) is 2. The van der Waals surface area contributed by atoms with Crippen molar-refractivity contribution in [3.05, 3.63) is 70.5 Å². The molecule has 7 heteroatoms. The third kappa shape index (κ3) is 3.21. The summed E-state index contributed by atoms with van der Waals surface area (Å²) in [6.45, 7) is 3.95. The SMILES string of the molecule is CC(C)(c1ccc(Cl)cc1)c1cc(O)n(-c2cc(C(=O)O)ccn2)n1. The molecule has 0 aliphatic carbocycles. The lowest BCUT2D eigenvalue weighted by atomic mass is 9.82. The molecule has 0 bridgehead atoms. The molecule has 2 heterocycles. The van der Waals surface area contributed by atoms with Gasteiger partial charge in [-0.3, -0.25) is 0 Å². The molecule has 2 N–H and O–H groups in total. The molecule has 0 spiro atoms. The van der Waals surface area contributed by atoms with Gasteiger partial charge in [0.1, 0.15) is 0 Å². The largest absolute Gasteiger partial charge is 0.493 e. The summed E-state index contributed by atoms with van der Waals surface area (Å²) in [5, 5.41) is 24.4. The third-order valence-corrected chi connectivity index (χ3v) is 4.36. The number of carboxylic acid groups (broad SMARTS) is 1. The first kappa shape index (κ1) is 17.0. The highest BCUT2D eigenvalue weighted by atomic mass is 35.5. The number of hydrogen-bond acceptors (Lipinski definition) is 4. The Morgan fingerprint density at radius 3 is 2.48 bits per heavy atom. The van der Waals surface area contributed by atoms with Gasteiger partial charge in [-0.2, -0.15) is 9.78 Å². The maximum absolute atomic E-state index is 11.1. The summed E-state index contributed by atoms with van der Waals surface area (Å²) in [5.74, 6) is -0.959. The van der Waals surface area contributed by atoms with Crippen molar-refractivity contribution in [3.63, 3.8) is 0 Å². The molecule has 0 atom stereocenters. The molecule has 0 aliphatic heterocycles. The Morgan fingerprint density at radius 1 is 1.16 bits per heavy atom. The second-order valence-corrected chi connectivity index (χ2v) is 6.58. The van der Waals surface area contributed by atoms with E-state index in [0.29, 0.717) is 10.7 Å². The average molecular weight is 358 g/mol. The van der Waals surface area contributed by atoms with Crippen LogP contribution in [0.2, 0.25) is 5.02 Å². The molecule has 0 fully saturated rings. The molecule has 25 heavy (non-hydrogen) atoms. The van der Waals surface area contributed by atoms with Crippen LogP contribution >= 0.6 is 11.6 Å². The molecule has 0 aliphatic rings. The van der Waals surface area contributed by atoms with Crippen molar-refractivity contribution >= 4 is 17.6 Å². The Balaban J connectivity index is 2.04. The molecule has 1 aromatic carbocycles. The summed E-state index contributed by atoms with van der Waals surface area (Å²) < 4.78 is 1.22. The van der Waals surface area contributed by atoms with Crippen molar-refractivity contribution in [2.75, 3.05) is 0 Å². The first-order chi connectivity index (χ1) is 11.8. The zero-order valence-corrected chi connectivity index (χ0v) is 14.4. The lowest BCUT2D eigenvalue weighted by Gasteiger charge is -2.22. The molecule has 2 aromatic heterocycles. The van der Waals surface area contributed by atoms with Gasteiger partial charge in [-0.25, -0.2) is 9.78 Å². The van der Waals surface area contributed by atoms with Crippen LogP contribution in [0.15, 0.2) is 48.7 Å². The highest BCUT2D eigenvalue weighted by Crippen LogP contribution is 2.33. The van der Waals surface area contributed by atoms with E-state index in [9.17, 15) is 9.90 Å². The molecule has 0 saturated carbocycles. The molecule has 0 amide bonds. The van der Waals surface area contributed by atoms with E-state index in [1.165, 1.54) is 23.0 Å². The Bertz CT molecular complexity index is 933. The maximum Gasteiger partial charge on any atom is 0.335 e. The van der Waals surface area contributed by atoms with Crippen molar-refractivity contribution in [2.45, 2.75) is 19.3 Å². The Kier molecular flexibility index (Phi) is 4.22. The molecule has 0 unspecified atom stereocenters. The van der Waals surface area contributed by atoms with Crippen molar-refractivity contribution < 1.29 is 15.0 Å². The van der Waals surface area contributed by atoms with Crippen molar-refractivity contribution in [3.8, 4) is 11.7 Å². The predicted molar refractivity (Wildman–Crippen MR) is 93.6 cm³/mol. The number of carboxylic acids is 1. The first-order valence-electron chi connectivity index (χ1n) is 7.54. The zero-order chi connectivity index (χ0) is 18.2. The van der Waals surface area contributed by atoms with Crippen LogP contribution in [-0.4, -0.2) is 30.9 Å². The summed E-state index contributed by atoms with van der Waals surface area (Å²) in [6, 6.07) is 11.7. The lowest BCUT2D eigenvalue weighted by molar-refractivity contribution is 0.0696. The lowest BCUT2D eigenvalue weighted by Crippen LogP contribution is -2.20. The predicted octanol–water partition coefficient (Wildman–Crippen LogP) is 3.65. The fraction of sp³-hybridized carbons (Fsp3) is 0.167. The number of aromatic hydroxyl groups is 1. The van der Waals surface area contributed by atoms with E-state index in [-0.39, 0.29) is 17.3 Å². The summed E-state index contributed by atoms with van der Waals surface area (Å²) in [5.41, 5.74) is 1.18. The van der Waals surface area contributed by atoms with Crippen LogP contribution in [0.1, 0.15) is 35.5 Å². The van der Waals surface area contributed by atoms with Crippen molar-refractivity contribution in [1.29, 1.82) is 0 Å². The summed E-state index contributed by atoms with van der Waals surface area (Å²) in [6.07, 6.45) is 1.36. The van der Waals surface area contributed by atoms with Gasteiger partial charge in [0.05, 0.1) is 11.3 Å². The van der Waals surface area contributed by atoms with Crippen molar-refractivity contribution in [2.24, 2.45) is 0 Å². The highest BCUT2D eigenvalue weighted by molar-refractivity contribution is 6.30. The van der Waals surface area contributed by atoms with Gasteiger partial charge in [0, 0.05) is 22.7 Å². The van der Waals surface area contributed by atoms with Crippen LogP contribution in [0.5, 0.6) is 5.88 Å². The van der Waals surface area contributed by atoms with Crippen LogP contribution in [0.3, 0.4) is 0 Å². The molecule has 6 nitrogen and oxygen atoms in total. The second-order valence-electron chi connectivity index (χ2n) is 6.14. The molecule has 128 valence electrons. The quantitative estimate of drug-likeness (QED) is 0.744. The zero-order valence-electron chi connectivity index (χ0n) is 13.6. The van der Waals surface area contributed by atoms with Crippen LogP contribution in [-0.2, 0) is 5.41 Å². The van der Waals surface area contributed by atoms with Gasteiger partial charge in [-0.05, 0) is 29.8 Å². The number of halogens is 1. The van der Waals surface area contributed by atoms with E-state index in [1.54, 1.807) is 18.2 Å². The van der Waals surface area contributed by atoms with Gasteiger partial charge in [0.15, 0.2) is 5.82 Å². The maximum atomic E-state index is 11.1. The third-order valence-electron chi connectivity index (χ3n) is 4.11. The Hall–Kier alpha value is -2.86. The van der Waals surface area contributed by atoms with Crippen LogP contribution in [0.4, 0.5) is 0 Å². The van der Waals surface area contributed by atoms with Gasteiger partial charge < -0.3 is 10.2 Å². The van der Waals surface area contributed by atoms with E-state index >= 15 is 0 Å². The molecular weight excluding hydrogens is 342 g/mol. The first-order valence-corrected chi connectivity index (χ1v) is 7.92. The topological polar surface area (TPSA) is 88.2 Å². The molecule has 0 saturated heterocycles. The average Bonchev–Trinajstić information content (AvgIpc) is 2.98. The molecule has 3 aromatic rings. The molecular formula is C18H16ClN3O3. The van der Waals surface area contributed by atoms with E-state index < -0.39 is 11.4 Å². The number of rotatable bonds is 4. The van der Waals surface area contributed by atoms with E-state index in [2.05, 4.69) is 10.1 Å². The van der Waals surface area contributed by atoms with E-state index in [0.717, 1.165) is 5.56 Å². The summed E-state index contributed by atoms with van der Waals surface area (Å²) in [7, 11) is 0. The standard InChI is InChI=1S/C18H16ClN3O3/c1-18(2,12-3-5-13(19)6-4-12)14-10-16(23)22(21-14)15-9-11(17(24)25)7-8-20-15/h3-10,23H,1-2H3,(H,24,25). The smallest absolute Gasteiger partial charge is 0.335 e. The fourth-order valence-electron chi connectivity index (χ4n) is 2.53. The molecule has 0 radical (unpaired) electrons. The minimum atomic E-state index is -1.07. The molecule has 3 rings (SSSR count). The summed E-state index contributed by atoms with van der Waals surface area (Å²) in [4.78, 5) is 15.2. The van der Waals surface area contributed by atoms with E-state index in [4.69, 9.17) is 16.7 Å². The minimum absolute atomic E-state index is 0.0680. The van der Waals surface area contributed by atoms with Crippen LogP contribution < -0.4 is 0 Å². The van der Waals surface area contributed by atoms with Crippen LogP contribution in [0.25, 0.3) is 5.82 Å². The normalized spacial score (nSPS) is 11.5. The summed E-state index contributed by atoms with van der Waals surface area (Å²) >= 11 is 5.94. The van der Waals surface area contributed by atoms with Gasteiger partial charge in [-0.15, -0.1) is 0 Å². The second kappa shape index (κ2) is 6.22. The van der Waals surface area contributed by atoms with Gasteiger partial charge >= 0.3 is 5.97 Å². The Labute approximate surface area is 149 Å². The Morgan fingerprint density at radius 2 is 1.84 bits per heavy atom. The van der Waals surface area contributed by atoms with Crippen molar-refractivity contribution in [1.82, 2.24) is 14.8 Å². The number of carbonyl (C=O) groups is 1. The number of pyridine rings is 1. The number of aromatic carboxylic acids is 1. The highest BCUT2D eigenvalue weighted by Gasteiger charge is 2.28. The van der Waals surface area contributed by atoms with Gasteiger partial charge in [-0.1, -0.05) is 37.6 Å². The van der Waals surface area contributed by atoms with Crippen LogP contribution in [0, 0.1) is 0 Å². The van der Waals surface area contributed by atoms with E-state index in [1.807, 2.05) is 26.0 Å². The minimum Gasteiger partial charge on any atom is -0.493 e.